The smallest absolute Gasteiger partial charge is 0.120 e. The number of fused-ring (bicyclic) bond motifs is 2. The third kappa shape index (κ3) is 2.59. The van der Waals surface area contributed by atoms with Crippen LogP contribution in [0.2, 0.25) is 0 Å². The molecule has 0 bridgehead atoms. The maximum atomic E-state index is 6.07. The Morgan fingerprint density at radius 2 is 1.59 bits per heavy atom. The van der Waals surface area contributed by atoms with Gasteiger partial charge >= 0.3 is 0 Å². The van der Waals surface area contributed by atoms with Gasteiger partial charge in [-0.05, 0) is 65.3 Å². The molecule has 1 aliphatic rings. The molecule has 0 heterocycles. The molecule has 0 saturated carbocycles. The Balaban J connectivity index is 1.57. The van der Waals surface area contributed by atoms with Crippen LogP contribution in [0.1, 0.15) is 29.5 Å². The highest BCUT2D eigenvalue weighted by Gasteiger charge is 2.10. The zero-order valence-electron chi connectivity index (χ0n) is 12.7. The third-order valence-corrected chi connectivity index (χ3v) is 4.59. The summed E-state index contributed by atoms with van der Waals surface area (Å²) < 4.78 is 6.07. The molecule has 0 aromatic heterocycles. The minimum Gasteiger partial charge on any atom is -0.489 e. The van der Waals surface area contributed by atoms with Crippen LogP contribution in [0, 0.1) is 0 Å². The second kappa shape index (κ2) is 5.84. The molecule has 22 heavy (non-hydrogen) atoms. The van der Waals surface area contributed by atoms with Crippen LogP contribution in [0.25, 0.3) is 10.8 Å². The SMILES string of the molecule is c1ccc2c(COc3ccc4c(c3)CCCC4)cccc2c1. The summed E-state index contributed by atoms with van der Waals surface area (Å²) >= 11 is 0. The monoisotopic (exact) mass is 288 g/mol. The van der Waals surface area contributed by atoms with Gasteiger partial charge in [-0.15, -0.1) is 0 Å². The van der Waals surface area contributed by atoms with Crippen molar-refractivity contribution in [2.45, 2.75) is 32.3 Å². The van der Waals surface area contributed by atoms with Crippen molar-refractivity contribution in [3.63, 3.8) is 0 Å². The Morgan fingerprint density at radius 3 is 2.55 bits per heavy atom. The maximum absolute atomic E-state index is 6.07. The lowest BCUT2D eigenvalue weighted by Gasteiger charge is -2.17. The van der Waals surface area contributed by atoms with Gasteiger partial charge in [-0.1, -0.05) is 48.5 Å². The van der Waals surface area contributed by atoms with Gasteiger partial charge in [-0.25, -0.2) is 0 Å². The fourth-order valence-corrected chi connectivity index (χ4v) is 3.38. The lowest BCUT2D eigenvalue weighted by atomic mass is 9.92. The van der Waals surface area contributed by atoms with Crippen LogP contribution < -0.4 is 4.74 Å². The van der Waals surface area contributed by atoms with Gasteiger partial charge in [-0.3, -0.25) is 0 Å². The highest BCUT2D eigenvalue weighted by Crippen LogP contribution is 2.26. The molecule has 0 amide bonds. The van der Waals surface area contributed by atoms with Crippen LogP contribution in [0.5, 0.6) is 5.75 Å². The summed E-state index contributed by atoms with van der Waals surface area (Å²) in [4.78, 5) is 0. The Hall–Kier alpha value is -2.28. The summed E-state index contributed by atoms with van der Waals surface area (Å²) in [7, 11) is 0. The molecule has 0 radical (unpaired) electrons. The second-order valence-electron chi connectivity index (χ2n) is 6.06. The van der Waals surface area contributed by atoms with Crippen molar-refractivity contribution in [2.24, 2.45) is 0 Å². The van der Waals surface area contributed by atoms with Gasteiger partial charge < -0.3 is 4.74 Å². The van der Waals surface area contributed by atoms with E-state index in [0.29, 0.717) is 6.61 Å². The zero-order chi connectivity index (χ0) is 14.8. The maximum Gasteiger partial charge on any atom is 0.120 e. The molecule has 4 rings (SSSR count). The normalized spacial score (nSPS) is 13.8. The molecule has 0 saturated heterocycles. The van der Waals surface area contributed by atoms with Crippen LogP contribution in [0.15, 0.2) is 60.7 Å². The van der Waals surface area contributed by atoms with Crippen LogP contribution in [0.3, 0.4) is 0 Å². The van der Waals surface area contributed by atoms with Crippen LogP contribution >= 0.6 is 0 Å². The fraction of sp³-hybridized carbons (Fsp3) is 0.238. The topological polar surface area (TPSA) is 9.23 Å². The molecule has 0 spiro atoms. The first-order chi connectivity index (χ1) is 10.9. The highest BCUT2D eigenvalue weighted by molar-refractivity contribution is 5.85. The second-order valence-corrected chi connectivity index (χ2v) is 6.06. The largest absolute Gasteiger partial charge is 0.489 e. The summed E-state index contributed by atoms with van der Waals surface area (Å²) in [6, 6.07) is 21.5. The molecule has 3 aromatic carbocycles. The molecule has 3 aromatic rings. The number of benzene rings is 3. The van der Waals surface area contributed by atoms with Crippen LogP contribution in [-0.2, 0) is 19.4 Å². The van der Waals surface area contributed by atoms with E-state index in [0.717, 1.165) is 5.75 Å². The molecule has 0 fully saturated rings. The van der Waals surface area contributed by atoms with Crippen LogP contribution in [0.4, 0.5) is 0 Å². The van der Waals surface area contributed by atoms with Crippen molar-refractivity contribution in [3.8, 4) is 5.75 Å². The minimum absolute atomic E-state index is 0.625. The van der Waals surface area contributed by atoms with E-state index < -0.39 is 0 Å². The Labute approximate surface area is 131 Å². The van der Waals surface area contributed by atoms with Gasteiger partial charge in [-0.2, -0.15) is 0 Å². The number of hydrogen-bond donors (Lipinski definition) is 0. The third-order valence-electron chi connectivity index (χ3n) is 4.59. The van der Waals surface area contributed by atoms with Crippen molar-refractivity contribution in [3.05, 3.63) is 77.4 Å². The molecule has 1 heteroatoms. The highest BCUT2D eigenvalue weighted by atomic mass is 16.5. The number of rotatable bonds is 3. The van der Waals surface area contributed by atoms with Crippen molar-refractivity contribution in [1.29, 1.82) is 0 Å². The first kappa shape index (κ1) is 13.4. The zero-order valence-corrected chi connectivity index (χ0v) is 12.7. The van der Waals surface area contributed by atoms with Gasteiger partial charge in [0.05, 0.1) is 0 Å². The molecule has 110 valence electrons. The van der Waals surface area contributed by atoms with Crippen molar-refractivity contribution in [2.75, 3.05) is 0 Å². The number of ether oxygens (including phenoxy) is 1. The van der Waals surface area contributed by atoms with Crippen LogP contribution in [-0.4, -0.2) is 0 Å². The van der Waals surface area contributed by atoms with Gasteiger partial charge in [0.25, 0.3) is 0 Å². The van der Waals surface area contributed by atoms with Gasteiger partial charge in [0, 0.05) is 0 Å². The molecule has 0 unspecified atom stereocenters. The average Bonchev–Trinajstić information content (AvgIpc) is 2.60. The molecule has 0 aliphatic heterocycles. The van der Waals surface area contributed by atoms with E-state index in [9.17, 15) is 0 Å². The van der Waals surface area contributed by atoms with Crippen molar-refractivity contribution < 1.29 is 4.74 Å². The molecule has 1 nitrogen and oxygen atoms in total. The quantitative estimate of drug-likeness (QED) is 0.635. The first-order valence-electron chi connectivity index (χ1n) is 8.11. The molecule has 0 atom stereocenters. The lowest BCUT2D eigenvalue weighted by molar-refractivity contribution is 0.307. The van der Waals surface area contributed by atoms with E-state index in [1.165, 1.54) is 53.1 Å². The van der Waals surface area contributed by atoms with Crippen molar-refractivity contribution in [1.82, 2.24) is 0 Å². The van der Waals surface area contributed by atoms with E-state index in [2.05, 4.69) is 60.7 Å². The van der Waals surface area contributed by atoms with E-state index in [1.807, 2.05) is 0 Å². The standard InChI is InChI=1S/C21H20O/c1-2-8-18-14-20(13-12-16(18)6-1)22-15-19-10-5-9-17-7-3-4-11-21(17)19/h3-5,7,9-14H,1-2,6,8,15H2. The molecular weight excluding hydrogens is 268 g/mol. The van der Waals surface area contributed by atoms with Gasteiger partial charge in [0.15, 0.2) is 0 Å². The minimum atomic E-state index is 0.625. The summed E-state index contributed by atoms with van der Waals surface area (Å²) in [6.07, 6.45) is 5.04. The van der Waals surface area contributed by atoms with E-state index >= 15 is 0 Å². The summed E-state index contributed by atoms with van der Waals surface area (Å²) in [5.74, 6) is 0.994. The Kier molecular flexibility index (Phi) is 3.56. The predicted molar refractivity (Wildman–Crippen MR) is 91.4 cm³/mol. The predicted octanol–water partition coefficient (Wildman–Crippen LogP) is 5.30. The fourth-order valence-electron chi connectivity index (χ4n) is 3.38. The molecule has 0 N–H and O–H groups in total. The van der Waals surface area contributed by atoms with Gasteiger partial charge in [0.2, 0.25) is 0 Å². The van der Waals surface area contributed by atoms with Gasteiger partial charge in [0.1, 0.15) is 12.4 Å². The summed E-state index contributed by atoms with van der Waals surface area (Å²) in [5.41, 5.74) is 4.22. The summed E-state index contributed by atoms with van der Waals surface area (Å²) in [6.45, 7) is 0.625. The molecule has 1 aliphatic carbocycles. The Bertz CT molecular complexity index is 799. The van der Waals surface area contributed by atoms with E-state index in [-0.39, 0.29) is 0 Å². The summed E-state index contributed by atoms with van der Waals surface area (Å²) in [5, 5.41) is 2.55. The van der Waals surface area contributed by atoms with E-state index in [4.69, 9.17) is 4.74 Å². The number of hydrogen-bond acceptors (Lipinski definition) is 1. The first-order valence-corrected chi connectivity index (χ1v) is 8.11. The molecular formula is C21H20O. The number of aryl methyl sites for hydroxylation is 2. The average molecular weight is 288 g/mol. The lowest BCUT2D eigenvalue weighted by Crippen LogP contribution is -2.03. The Morgan fingerprint density at radius 1 is 0.773 bits per heavy atom. The van der Waals surface area contributed by atoms with E-state index in [1.54, 1.807) is 0 Å². The van der Waals surface area contributed by atoms with Crippen molar-refractivity contribution >= 4 is 10.8 Å².